The molecule has 8 nitrogen and oxygen atoms in total. The van der Waals surface area contributed by atoms with Gasteiger partial charge in [0.2, 0.25) is 0 Å². The number of carbonyl (C=O) groups excluding carboxylic acids is 2. The van der Waals surface area contributed by atoms with Crippen molar-refractivity contribution in [2.45, 2.75) is 12.5 Å². The van der Waals surface area contributed by atoms with Gasteiger partial charge in [-0.1, -0.05) is 30.3 Å². The van der Waals surface area contributed by atoms with E-state index in [1.54, 1.807) is 31.2 Å². The SMILES string of the molecule is C[C@@]1(c2ccccc2)NC(=O)N(/N=C\c2ccc([N+](=O)[O-])cc2)C1=O. The van der Waals surface area contributed by atoms with E-state index in [0.29, 0.717) is 11.1 Å². The first-order valence-corrected chi connectivity index (χ1v) is 7.42. The van der Waals surface area contributed by atoms with Crippen LogP contribution in [0.4, 0.5) is 10.5 Å². The van der Waals surface area contributed by atoms with E-state index in [1.165, 1.54) is 30.5 Å². The molecule has 2 aromatic rings. The summed E-state index contributed by atoms with van der Waals surface area (Å²) >= 11 is 0. The van der Waals surface area contributed by atoms with Gasteiger partial charge in [-0.25, -0.2) is 4.79 Å². The highest BCUT2D eigenvalue weighted by Crippen LogP contribution is 2.28. The Labute approximate surface area is 142 Å². The van der Waals surface area contributed by atoms with E-state index in [9.17, 15) is 19.7 Å². The number of benzene rings is 2. The zero-order chi connectivity index (χ0) is 18.0. The molecule has 1 aliphatic rings. The fourth-order valence-corrected chi connectivity index (χ4v) is 2.50. The number of nitro groups is 1. The van der Waals surface area contributed by atoms with Gasteiger partial charge in [0.15, 0.2) is 0 Å². The van der Waals surface area contributed by atoms with Gasteiger partial charge in [-0.15, -0.1) is 5.01 Å². The molecule has 3 rings (SSSR count). The molecule has 0 radical (unpaired) electrons. The van der Waals surface area contributed by atoms with Crippen molar-refractivity contribution in [3.05, 3.63) is 75.8 Å². The average molecular weight is 338 g/mol. The number of nitrogens with one attached hydrogen (secondary N) is 1. The van der Waals surface area contributed by atoms with E-state index < -0.39 is 22.4 Å². The molecule has 3 amide bonds. The lowest BCUT2D eigenvalue weighted by Gasteiger charge is -2.20. The van der Waals surface area contributed by atoms with Gasteiger partial charge in [-0.05, 0) is 30.2 Å². The first-order valence-electron chi connectivity index (χ1n) is 7.42. The first-order chi connectivity index (χ1) is 11.9. The van der Waals surface area contributed by atoms with Gasteiger partial charge in [-0.2, -0.15) is 5.10 Å². The maximum atomic E-state index is 12.6. The molecule has 126 valence electrons. The van der Waals surface area contributed by atoms with Crippen LogP contribution in [-0.4, -0.2) is 28.1 Å². The third kappa shape index (κ3) is 2.97. The van der Waals surface area contributed by atoms with E-state index in [-0.39, 0.29) is 5.69 Å². The second-order valence-corrected chi connectivity index (χ2v) is 5.63. The number of non-ortho nitro benzene ring substituents is 1. The maximum Gasteiger partial charge on any atom is 0.346 e. The molecular weight excluding hydrogens is 324 g/mol. The van der Waals surface area contributed by atoms with Crippen molar-refractivity contribution in [3.8, 4) is 0 Å². The predicted molar refractivity (Wildman–Crippen MR) is 89.9 cm³/mol. The van der Waals surface area contributed by atoms with Crippen LogP contribution in [0.1, 0.15) is 18.1 Å². The summed E-state index contributed by atoms with van der Waals surface area (Å²) in [6.07, 6.45) is 1.30. The van der Waals surface area contributed by atoms with Crippen LogP contribution in [0.2, 0.25) is 0 Å². The fraction of sp³-hybridized carbons (Fsp3) is 0.118. The number of nitro benzene ring substituents is 1. The van der Waals surface area contributed by atoms with E-state index in [4.69, 9.17) is 0 Å². The smallest absolute Gasteiger partial charge is 0.318 e. The monoisotopic (exact) mass is 338 g/mol. The molecule has 1 N–H and O–H groups in total. The van der Waals surface area contributed by atoms with E-state index in [0.717, 1.165) is 5.01 Å². The molecule has 0 saturated carbocycles. The van der Waals surface area contributed by atoms with Crippen LogP contribution in [0.5, 0.6) is 0 Å². The molecular formula is C17H14N4O4. The molecule has 2 aromatic carbocycles. The van der Waals surface area contributed by atoms with Gasteiger partial charge in [0, 0.05) is 12.1 Å². The summed E-state index contributed by atoms with van der Waals surface area (Å²) in [5.41, 5.74) is -0.0600. The Morgan fingerprint density at radius 1 is 1.12 bits per heavy atom. The van der Waals surface area contributed by atoms with Crippen molar-refractivity contribution >= 4 is 23.8 Å². The van der Waals surface area contributed by atoms with Crippen LogP contribution in [0, 0.1) is 10.1 Å². The lowest BCUT2D eigenvalue weighted by atomic mass is 9.92. The van der Waals surface area contributed by atoms with E-state index >= 15 is 0 Å². The largest absolute Gasteiger partial charge is 0.346 e. The van der Waals surface area contributed by atoms with Crippen molar-refractivity contribution in [3.63, 3.8) is 0 Å². The van der Waals surface area contributed by atoms with E-state index in [1.807, 2.05) is 6.07 Å². The summed E-state index contributed by atoms with van der Waals surface area (Å²) in [6, 6.07) is 13.9. The Balaban J connectivity index is 1.82. The quantitative estimate of drug-likeness (QED) is 0.400. The Bertz CT molecular complexity index is 864. The lowest BCUT2D eigenvalue weighted by molar-refractivity contribution is -0.384. The Kier molecular flexibility index (Phi) is 4.02. The summed E-state index contributed by atoms with van der Waals surface area (Å²) in [7, 11) is 0. The topological polar surface area (TPSA) is 105 Å². The molecule has 1 fully saturated rings. The summed E-state index contributed by atoms with van der Waals surface area (Å²) < 4.78 is 0. The number of rotatable bonds is 4. The van der Waals surface area contributed by atoms with E-state index in [2.05, 4.69) is 10.4 Å². The second-order valence-electron chi connectivity index (χ2n) is 5.63. The first kappa shape index (κ1) is 16.3. The molecule has 1 atom stereocenters. The zero-order valence-electron chi connectivity index (χ0n) is 13.2. The molecule has 1 aliphatic heterocycles. The number of hydrogen-bond donors (Lipinski definition) is 1. The molecule has 0 aromatic heterocycles. The number of hydrazone groups is 1. The standard InChI is InChI=1S/C17H14N4O4/c1-17(13-5-3-2-4-6-13)15(22)20(16(23)19-17)18-11-12-7-9-14(10-8-12)21(24)25/h2-11H,1H3,(H,19,23)/b18-11-/t17-/m0/s1. The van der Waals surface area contributed by atoms with Gasteiger partial charge in [0.25, 0.3) is 11.6 Å². The highest BCUT2D eigenvalue weighted by atomic mass is 16.6. The van der Waals surface area contributed by atoms with Crippen molar-refractivity contribution in [1.29, 1.82) is 0 Å². The van der Waals surface area contributed by atoms with Crippen LogP contribution in [0.3, 0.4) is 0 Å². The molecule has 0 aliphatic carbocycles. The van der Waals surface area contributed by atoms with Crippen LogP contribution < -0.4 is 5.32 Å². The van der Waals surface area contributed by atoms with Crippen molar-refractivity contribution < 1.29 is 14.5 Å². The number of hydrogen-bond acceptors (Lipinski definition) is 5. The molecule has 25 heavy (non-hydrogen) atoms. The second kappa shape index (κ2) is 6.16. The summed E-state index contributed by atoms with van der Waals surface area (Å²) in [5.74, 6) is -0.498. The zero-order valence-corrected chi connectivity index (χ0v) is 13.2. The highest BCUT2D eigenvalue weighted by molar-refractivity contribution is 6.07. The van der Waals surface area contributed by atoms with Crippen molar-refractivity contribution in [2.75, 3.05) is 0 Å². The van der Waals surface area contributed by atoms with Gasteiger partial charge >= 0.3 is 6.03 Å². The number of amides is 3. The van der Waals surface area contributed by atoms with Gasteiger partial charge in [-0.3, -0.25) is 14.9 Å². The number of imide groups is 1. The minimum atomic E-state index is -1.19. The molecule has 1 heterocycles. The van der Waals surface area contributed by atoms with Crippen LogP contribution in [0.25, 0.3) is 0 Å². The Hall–Kier alpha value is -3.55. The minimum absolute atomic E-state index is 0.0520. The lowest BCUT2D eigenvalue weighted by Crippen LogP contribution is -2.40. The minimum Gasteiger partial charge on any atom is -0.318 e. The molecule has 0 unspecified atom stereocenters. The van der Waals surface area contributed by atoms with Gasteiger partial charge in [0.05, 0.1) is 11.1 Å². The molecule has 0 bridgehead atoms. The number of nitrogens with zero attached hydrogens (tertiary/aromatic N) is 3. The number of urea groups is 1. The Morgan fingerprint density at radius 2 is 1.76 bits per heavy atom. The highest BCUT2D eigenvalue weighted by Gasteiger charge is 2.49. The van der Waals surface area contributed by atoms with Crippen molar-refractivity contribution in [1.82, 2.24) is 10.3 Å². The van der Waals surface area contributed by atoms with Gasteiger partial charge in [0.1, 0.15) is 5.54 Å². The summed E-state index contributed by atoms with van der Waals surface area (Å²) in [5, 5.41) is 18.0. The molecule has 0 spiro atoms. The average Bonchev–Trinajstić information content (AvgIpc) is 2.84. The van der Waals surface area contributed by atoms with Crippen LogP contribution >= 0.6 is 0 Å². The predicted octanol–water partition coefficient (Wildman–Crippen LogP) is 2.40. The fourth-order valence-electron chi connectivity index (χ4n) is 2.50. The van der Waals surface area contributed by atoms with Crippen LogP contribution in [0.15, 0.2) is 59.7 Å². The molecule has 8 heteroatoms. The molecule has 1 saturated heterocycles. The third-order valence-corrected chi connectivity index (χ3v) is 3.95. The summed E-state index contributed by atoms with van der Waals surface area (Å²) in [6.45, 7) is 1.62. The van der Waals surface area contributed by atoms with Crippen LogP contribution in [-0.2, 0) is 10.3 Å². The summed E-state index contributed by atoms with van der Waals surface area (Å²) in [4.78, 5) is 34.9. The third-order valence-electron chi connectivity index (χ3n) is 3.95. The van der Waals surface area contributed by atoms with Crippen molar-refractivity contribution in [2.24, 2.45) is 5.10 Å². The normalized spacial score (nSPS) is 20.1. The maximum absolute atomic E-state index is 12.6. The number of carbonyl (C=O) groups is 2. The Morgan fingerprint density at radius 3 is 2.36 bits per heavy atom. The van der Waals surface area contributed by atoms with Gasteiger partial charge < -0.3 is 5.32 Å².